The number of halogens is 2. The molecule has 0 unspecified atom stereocenters. The number of anilines is 1. The third-order valence-corrected chi connectivity index (χ3v) is 7.88. The minimum Gasteiger partial charge on any atom is -0.288 e. The number of hydrogen-bond acceptors (Lipinski definition) is 6. The van der Waals surface area contributed by atoms with E-state index in [1.807, 2.05) is 0 Å². The fourth-order valence-corrected chi connectivity index (χ4v) is 5.85. The number of rotatable bonds is 5. The first-order valence-electron chi connectivity index (χ1n) is 10.2. The minimum atomic E-state index is -0.553. The van der Waals surface area contributed by atoms with Crippen LogP contribution >= 0.6 is 38.9 Å². The number of nitrogens with zero attached hydrogens (tertiary/aromatic N) is 3. The second-order valence-electron chi connectivity index (χ2n) is 7.59. The van der Waals surface area contributed by atoms with Crippen LogP contribution in [0.15, 0.2) is 71.2 Å². The topological polar surface area (TPSA) is 101 Å². The Balaban J connectivity index is 1.59. The Morgan fingerprint density at radius 2 is 1.66 bits per heavy atom. The van der Waals surface area contributed by atoms with Crippen LogP contribution < -0.4 is 4.90 Å². The molecule has 2 heterocycles. The van der Waals surface area contributed by atoms with Crippen molar-refractivity contribution in [3.05, 3.63) is 102 Å². The molecule has 0 saturated carbocycles. The number of hydrogen-bond donors (Lipinski definition) is 0. The number of para-hydroxylation sites is 1. The number of benzene rings is 3. The fraction of sp³-hybridized carbons (Fsp3) is 0.0417. The molecule has 0 saturated heterocycles. The van der Waals surface area contributed by atoms with E-state index < -0.39 is 22.6 Å². The number of carbonyl (C=O) groups is 3. The van der Waals surface area contributed by atoms with Crippen molar-refractivity contribution in [2.45, 2.75) is 0 Å². The maximum atomic E-state index is 13.8. The lowest BCUT2D eigenvalue weighted by Gasteiger charge is -2.27. The van der Waals surface area contributed by atoms with Gasteiger partial charge in [0.25, 0.3) is 23.4 Å². The Morgan fingerprint density at radius 1 is 1.03 bits per heavy atom. The van der Waals surface area contributed by atoms with Crippen LogP contribution in [0.25, 0.3) is 10.1 Å². The first-order chi connectivity index (χ1) is 16.8. The van der Waals surface area contributed by atoms with Gasteiger partial charge in [-0.3, -0.25) is 34.3 Å². The first kappa shape index (κ1) is 23.2. The smallest absolute Gasteiger partial charge is 0.271 e. The standard InChI is InChI=1S/C24H13BrClN3O5S/c25-17-7-3-4-8-18(17)27(12-28-22(30)14-5-1-2-6-15(14)23(28)31)24(32)21-20(26)16-10-9-13(29(33)34)11-19(16)35-21/h1-11H,12H2. The molecule has 3 aromatic carbocycles. The number of carbonyl (C=O) groups excluding carboxylic acids is 3. The molecule has 4 aromatic rings. The average Bonchev–Trinajstić information content (AvgIpc) is 3.31. The average molecular weight is 571 g/mol. The molecule has 1 aliphatic heterocycles. The van der Waals surface area contributed by atoms with Crippen molar-refractivity contribution in [1.82, 2.24) is 4.90 Å². The monoisotopic (exact) mass is 569 g/mol. The summed E-state index contributed by atoms with van der Waals surface area (Å²) in [6.07, 6.45) is 0. The summed E-state index contributed by atoms with van der Waals surface area (Å²) in [4.78, 5) is 52.9. The maximum Gasteiger partial charge on any atom is 0.271 e. The molecule has 11 heteroatoms. The molecule has 0 N–H and O–H groups in total. The molecule has 0 fully saturated rings. The summed E-state index contributed by atoms with van der Waals surface area (Å²) in [5, 5.41) is 11.8. The zero-order valence-corrected chi connectivity index (χ0v) is 20.8. The molecule has 35 heavy (non-hydrogen) atoms. The highest BCUT2D eigenvalue weighted by Gasteiger charge is 2.38. The van der Waals surface area contributed by atoms with Gasteiger partial charge in [-0.2, -0.15) is 0 Å². The van der Waals surface area contributed by atoms with Gasteiger partial charge in [0.2, 0.25) is 0 Å². The van der Waals surface area contributed by atoms with E-state index in [1.165, 1.54) is 23.1 Å². The maximum absolute atomic E-state index is 13.8. The van der Waals surface area contributed by atoms with Crippen molar-refractivity contribution >= 4 is 78.1 Å². The number of amides is 3. The highest BCUT2D eigenvalue weighted by Crippen LogP contribution is 2.39. The normalized spacial score (nSPS) is 12.8. The Labute approximate surface area is 215 Å². The largest absolute Gasteiger partial charge is 0.288 e. The minimum absolute atomic E-state index is 0.122. The Kier molecular flexibility index (Phi) is 5.87. The molecule has 0 radical (unpaired) electrons. The van der Waals surface area contributed by atoms with Crippen LogP contribution in [0.3, 0.4) is 0 Å². The molecule has 3 amide bonds. The van der Waals surface area contributed by atoms with Crippen LogP contribution in [0, 0.1) is 10.1 Å². The zero-order chi connectivity index (χ0) is 24.9. The van der Waals surface area contributed by atoms with Crippen molar-refractivity contribution in [3.63, 3.8) is 0 Å². The van der Waals surface area contributed by atoms with Gasteiger partial charge >= 0.3 is 0 Å². The van der Waals surface area contributed by atoms with Gasteiger partial charge in [-0.25, -0.2) is 0 Å². The molecule has 5 rings (SSSR count). The molecule has 174 valence electrons. The summed E-state index contributed by atoms with van der Waals surface area (Å²) < 4.78 is 1.04. The number of thiophene rings is 1. The molecule has 0 atom stereocenters. The molecule has 0 bridgehead atoms. The molecule has 0 spiro atoms. The van der Waals surface area contributed by atoms with E-state index in [0.29, 0.717) is 20.2 Å². The van der Waals surface area contributed by atoms with Crippen LogP contribution in [-0.4, -0.2) is 34.2 Å². The number of nitro groups is 1. The van der Waals surface area contributed by atoms with Crippen LogP contribution in [0.2, 0.25) is 5.02 Å². The molecular weight excluding hydrogens is 558 g/mol. The van der Waals surface area contributed by atoms with Crippen molar-refractivity contribution < 1.29 is 19.3 Å². The number of non-ortho nitro benzene ring substituents is 1. The third-order valence-electron chi connectivity index (χ3n) is 5.57. The Hall–Kier alpha value is -3.60. The first-order valence-corrected chi connectivity index (χ1v) is 12.1. The summed E-state index contributed by atoms with van der Waals surface area (Å²) >= 11 is 11.0. The van der Waals surface area contributed by atoms with E-state index in [2.05, 4.69) is 15.9 Å². The van der Waals surface area contributed by atoms with E-state index in [0.717, 1.165) is 16.2 Å². The van der Waals surface area contributed by atoms with Crippen molar-refractivity contribution in [2.24, 2.45) is 0 Å². The molecule has 1 aliphatic rings. The predicted octanol–water partition coefficient (Wildman–Crippen LogP) is 6.13. The van der Waals surface area contributed by atoms with Gasteiger partial charge in [0.15, 0.2) is 0 Å². The number of nitro benzene ring substituents is 1. The second-order valence-corrected chi connectivity index (χ2v) is 9.88. The van der Waals surface area contributed by atoms with E-state index in [-0.39, 0.29) is 33.4 Å². The van der Waals surface area contributed by atoms with E-state index >= 15 is 0 Å². The predicted molar refractivity (Wildman–Crippen MR) is 136 cm³/mol. The summed E-state index contributed by atoms with van der Waals surface area (Å²) in [7, 11) is 0. The zero-order valence-electron chi connectivity index (χ0n) is 17.6. The third kappa shape index (κ3) is 3.89. The van der Waals surface area contributed by atoms with Gasteiger partial charge in [0.05, 0.1) is 26.8 Å². The quantitative estimate of drug-likeness (QED) is 0.163. The fourth-order valence-electron chi connectivity index (χ4n) is 3.86. The van der Waals surface area contributed by atoms with Crippen molar-refractivity contribution in [2.75, 3.05) is 11.6 Å². The number of fused-ring (bicyclic) bond motifs is 2. The van der Waals surface area contributed by atoms with Gasteiger partial charge < -0.3 is 0 Å². The van der Waals surface area contributed by atoms with Crippen molar-refractivity contribution in [1.29, 1.82) is 0 Å². The lowest BCUT2D eigenvalue weighted by atomic mass is 10.1. The van der Waals surface area contributed by atoms with Crippen LogP contribution in [-0.2, 0) is 0 Å². The van der Waals surface area contributed by atoms with Gasteiger partial charge in [-0.05, 0) is 46.3 Å². The molecule has 1 aromatic heterocycles. The van der Waals surface area contributed by atoms with Gasteiger partial charge in [0.1, 0.15) is 11.5 Å². The molecule has 8 nitrogen and oxygen atoms in total. The molecular formula is C24H13BrClN3O5S. The van der Waals surface area contributed by atoms with E-state index in [4.69, 9.17) is 11.6 Å². The van der Waals surface area contributed by atoms with Crippen LogP contribution in [0.5, 0.6) is 0 Å². The van der Waals surface area contributed by atoms with E-state index in [1.54, 1.807) is 48.5 Å². The second kappa shape index (κ2) is 8.88. The van der Waals surface area contributed by atoms with E-state index in [9.17, 15) is 24.5 Å². The van der Waals surface area contributed by atoms with Crippen LogP contribution in [0.4, 0.5) is 11.4 Å². The Morgan fingerprint density at radius 3 is 2.29 bits per heavy atom. The summed E-state index contributed by atoms with van der Waals surface area (Å²) in [5.74, 6) is -1.57. The number of imide groups is 1. The summed E-state index contributed by atoms with van der Waals surface area (Å²) in [5.41, 5.74) is 0.838. The molecule has 0 aliphatic carbocycles. The Bertz CT molecular complexity index is 1540. The van der Waals surface area contributed by atoms with Gasteiger partial charge in [0, 0.05) is 26.7 Å². The highest BCUT2D eigenvalue weighted by molar-refractivity contribution is 9.10. The van der Waals surface area contributed by atoms with Crippen molar-refractivity contribution in [3.8, 4) is 0 Å². The lowest BCUT2D eigenvalue weighted by Crippen LogP contribution is -2.44. The summed E-state index contributed by atoms with van der Waals surface area (Å²) in [6, 6.07) is 17.5. The van der Waals surface area contributed by atoms with Gasteiger partial charge in [-0.15, -0.1) is 11.3 Å². The van der Waals surface area contributed by atoms with Crippen LogP contribution in [0.1, 0.15) is 30.4 Å². The SMILES string of the molecule is O=C1c2ccccc2C(=O)N1CN(C(=O)c1sc2cc([N+](=O)[O-])ccc2c1Cl)c1ccccc1Br. The summed E-state index contributed by atoms with van der Waals surface area (Å²) in [6.45, 7) is -0.349. The lowest BCUT2D eigenvalue weighted by molar-refractivity contribution is -0.384. The van der Waals surface area contributed by atoms with Gasteiger partial charge in [-0.1, -0.05) is 35.9 Å². The highest BCUT2D eigenvalue weighted by atomic mass is 79.9.